The number of rotatable bonds is 3. The van der Waals surface area contributed by atoms with Crippen LogP contribution in [0, 0.1) is 0 Å². The normalized spacial score (nSPS) is 12.9. The van der Waals surface area contributed by atoms with Crippen LogP contribution in [-0.2, 0) is 6.42 Å². The van der Waals surface area contributed by atoms with E-state index in [1.165, 1.54) is 17.5 Å². The van der Waals surface area contributed by atoms with Crippen LogP contribution >= 0.6 is 11.6 Å². The van der Waals surface area contributed by atoms with Crippen molar-refractivity contribution in [1.29, 1.82) is 0 Å². The highest BCUT2D eigenvalue weighted by Gasteiger charge is 2.09. The van der Waals surface area contributed by atoms with Crippen molar-refractivity contribution in [2.24, 2.45) is 0 Å². The van der Waals surface area contributed by atoms with Crippen LogP contribution in [0.4, 0.5) is 0 Å². The minimum absolute atomic E-state index is 0.619. The van der Waals surface area contributed by atoms with Crippen molar-refractivity contribution in [3.8, 4) is 0 Å². The number of benzene rings is 1. The van der Waals surface area contributed by atoms with Gasteiger partial charge in [-0.15, -0.1) is 0 Å². The summed E-state index contributed by atoms with van der Waals surface area (Å²) < 4.78 is 0. The molecule has 0 aromatic heterocycles. The number of halogens is 1. The predicted molar refractivity (Wildman–Crippen MR) is 59.5 cm³/mol. The third kappa shape index (κ3) is 2.25. The lowest BCUT2D eigenvalue weighted by molar-refractivity contribution is 0.723. The Kier molecular flexibility index (Phi) is 3.80. The first-order valence-electron chi connectivity index (χ1n) is 4.98. The van der Waals surface area contributed by atoms with E-state index in [1.54, 1.807) is 0 Å². The molecule has 0 heterocycles. The molecular formula is C12H17Cl. The summed E-state index contributed by atoms with van der Waals surface area (Å²) in [7, 11) is 0. The molecule has 0 bridgehead atoms. The second kappa shape index (κ2) is 4.66. The molecule has 0 nitrogen and oxygen atoms in total. The minimum atomic E-state index is 0.619. The fourth-order valence-corrected chi connectivity index (χ4v) is 1.95. The van der Waals surface area contributed by atoms with Crippen molar-refractivity contribution >= 4 is 11.6 Å². The van der Waals surface area contributed by atoms with Gasteiger partial charge in [0.2, 0.25) is 0 Å². The zero-order valence-corrected chi connectivity index (χ0v) is 9.36. The molecule has 0 saturated carbocycles. The van der Waals surface area contributed by atoms with Gasteiger partial charge in [-0.1, -0.05) is 44.5 Å². The van der Waals surface area contributed by atoms with Crippen LogP contribution in [0.1, 0.15) is 44.2 Å². The van der Waals surface area contributed by atoms with Gasteiger partial charge >= 0.3 is 0 Å². The van der Waals surface area contributed by atoms with Crippen molar-refractivity contribution in [3.05, 3.63) is 34.3 Å². The smallest absolute Gasteiger partial charge is 0.0440 e. The molecule has 1 unspecified atom stereocenters. The SMILES string of the molecule is CCc1c(Cl)cccc1C(C)CC. The highest BCUT2D eigenvalue weighted by Crippen LogP contribution is 2.28. The third-order valence-electron chi connectivity index (χ3n) is 2.65. The Morgan fingerprint density at radius 3 is 2.54 bits per heavy atom. The van der Waals surface area contributed by atoms with E-state index in [4.69, 9.17) is 11.6 Å². The van der Waals surface area contributed by atoms with Crippen molar-refractivity contribution < 1.29 is 0 Å². The lowest BCUT2D eigenvalue weighted by Crippen LogP contribution is -1.97. The van der Waals surface area contributed by atoms with E-state index in [9.17, 15) is 0 Å². The molecule has 0 amide bonds. The molecule has 0 spiro atoms. The predicted octanol–water partition coefficient (Wildman–Crippen LogP) is 4.42. The minimum Gasteiger partial charge on any atom is -0.0840 e. The summed E-state index contributed by atoms with van der Waals surface area (Å²) in [6, 6.07) is 6.22. The summed E-state index contributed by atoms with van der Waals surface area (Å²) in [5.74, 6) is 0.619. The van der Waals surface area contributed by atoms with E-state index < -0.39 is 0 Å². The van der Waals surface area contributed by atoms with Gasteiger partial charge < -0.3 is 0 Å². The summed E-state index contributed by atoms with van der Waals surface area (Å²) >= 11 is 6.13. The van der Waals surface area contributed by atoms with Crippen molar-refractivity contribution in [1.82, 2.24) is 0 Å². The van der Waals surface area contributed by atoms with Crippen LogP contribution in [0.15, 0.2) is 18.2 Å². The van der Waals surface area contributed by atoms with E-state index in [0.29, 0.717) is 5.92 Å². The van der Waals surface area contributed by atoms with Gasteiger partial charge in [0, 0.05) is 5.02 Å². The summed E-state index contributed by atoms with van der Waals surface area (Å²) in [6.45, 7) is 6.63. The van der Waals surface area contributed by atoms with Gasteiger partial charge in [-0.25, -0.2) is 0 Å². The van der Waals surface area contributed by atoms with Crippen LogP contribution in [0.25, 0.3) is 0 Å². The largest absolute Gasteiger partial charge is 0.0840 e. The summed E-state index contributed by atoms with van der Waals surface area (Å²) in [5.41, 5.74) is 2.73. The van der Waals surface area contributed by atoms with Crippen LogP contribution in [0.2, 0.25) is 5.02 Å². The Hall–Kier alpha value is -0.490. The molecule has 72 valence electrons. The summed E-state index contributed by atoms with van der Waals surface area (Å²) in [6.07, 6.45) is 2.20. The molecule has 0 N–H and O–H groups in total. The van der Waals surface area contributed by atoms with E-state index in [0.717, 1.165) is 11.4 Å². The van der Waals surface area contributed by atoms with Gasteiger partial charge in [-0.05, 0) is 36.0 Å². The molecule has 1 aromatic rings. The maximum atomic E-state index is 6.13. The van der Waals surface area contributed by atoms with Crippen LogP contribution in [-0.4, -0.2) is 0 Å². The van der Waals surface area contributed by atoms with Crippen LogP contribution in [0.3, 0.4) is 0 Å². The fourth-order valence-electron chi connectivity index (χ4n) is 1.63. The second-order valence-corrected chi connectivity index (χ2v) is 3.88. The topological polar surface area (TPSA) is 0 Å². The van der Waals surface area contributed by atoms with E-state index in [2.05, 4.69) is 26.8 Å². The Bertz CT molecular complexity index is 278. The van der Waals surface area contributed by atoms with Gasteiger partial charge in [0.15, 0.2) is 0 Å². The lowest BCUT2D eigenvalue weighted by atomic mass is 9.92. The van der Waals surface area contributed by atoms with Gasteiger partial charge in [0.05, 0.1) is 0 Å². The highest BCUT2D eigenvalue weighted by molar-refractivity contribution is 6.31. The molecule has 0 aliphatic rings. The van der Waals surface area contributed by atoms with Crippen LogP contribution < -0.4 is 0 Å². The first kappa shape index (κ1) is 10.6. The molecule has 1 aromatic carbocycles. The quantitative estimate of drug-likeness (QED) is 0.672. The van der Waals surface area contributed by atoms with Gasteiger partial charge in [-0.3, -0.25) is 0 Å². The standard InChI is InChI=1S/C12H17Cl/c1-4-9(3)11-7-6-8-12(13)10(11)5-2/h6-9H,4-5H2,1-3H3. The average molecular weight is 197 g/mol. The highest BCUT2D eigenvalue weighted by atomic mass is 35.5. The number of hydrogen-bond acceptors (Lipinski definition) is 0. The van der Waals surface area contributed by atoms with E-state index >= 15 is 0 Å². The molecule has 1 heteroatoms. The molecule has 13 heavy (non-hydrogen) atoms. The number of hydrogen-bond donors (Lipinski definition) is 0. The molecule has 0 saturated heterocycles. The van der Waals surface area contributed by atoms with Gasteiger partial charge in [-0.2, -0.15) is 0 Å². The molecule has 0 aliphatic carbocycles. The summed E-state index contributed by atoms with van der Waals surface area (Å²) in [5, 5.41) is 0.917. The van der Waals surface area contributed by atoms with Crippen molar-refractivity contribution in [3.63, 3.8) is 0 Å². The zero-order chi connectivity index (χ0) is 9.84. The summed E-state index contributed by atoms with van der Waals surface area (Å²) in [4.78, 5) is 0. The lowest BCUT2D eigenvalue weighted by Gasteiger charge is -2.14. The molecular weight excluding hydrogens is 180 g/mol. The van der Waals surface area contributed by atoms with Crippen molar-refractivity contribution in [2.75, 3.05) is 0 Å². The zero-order valence-electron chi connectivity index (χ0n) is 8.60. The van der Waals surface area contributed by atoms with E-state index in [-0.39, 0.29) is 0 Å². The maximum absolute atomic E-state index is 6.13. The van der Waals surface area contributed by atoms with Gasteiger partial charge in [0.25, 0.3) is 0 Å². The Labute approximate surface area is 85.9 Å². The van der Waals surface area contributed by atoms with Crippen molar-refractivity contribution in [2.45, 2.75) is 39.5 Å². The molecule has 0 radical (unpaired) electrons. The molecule has 0 aliphatic heterocycles. The monoisotopic (exact) mass is 196 g/mol. The van der Waals surface area contributed by atoms with Gasteiger partial charge in [0.1, 0.15) is 0 Å². The second-order valence-electron chi connectivity index (χ2n) is 3.47. The molecule has 1 atom stereocenters. The Morgan fingerprint density at radius 2 is 2.00 bits per heavy atom. The average Bonchev–Trinajstić information content (AvgIpc) is 2.16. The third-order valence-corrected chi connectivity index (χ3v) is 3.01. The molecule has 0 fully saturated rings. The Balaban J connectivity index is 3.12. The Morgan fingerprint density at radius 1 is 1.31 bits per heavy atom. The first-order valence-corrected chi connectivity index (χ1v) is 5.35. The van der Waals surface area contributed by atoms with Crippen LogP contribution in [0.5, 0.6) is 0 Å². The first-order chi connectivity index (χ1) is 6.20. The molecule has 1 rings (SSSR count). The van der Waals surface area contributed by atoms with E-state index in [1.807, 2.05) is 12.1 Å². The maximum Gasteiger partial charge on any atom is 0.0440 e. The fraction of sp³-hybridized carbons (Fsp3) is 0.500.